The minimum atomic E-state index is -4.00. The maximum Gasteiger partial charge on any atom is 0.402 e. The first-order valence-corrected chi connectivity index (χ1v) is 30.5. The third kappa shape index (κ3) is 14.7. The Morgan fingerprint density at radius 2 is 0.951 bits per heavy atom. The van der Waals surface area contributed by atoms with Gasteiger partial charge in [-0.2, -0.15) is 0 Å². The number of carbonyl (C=O) groups is 6. The van der Waals surface area contributed by atoms with Crippen molar-refractivity contribution in [2.75, 3.05) is 19.8 Å². The van der Waals surface area contributed by atoms with Crippen LogP contribution in [0.15, 0.2) is 83.3 Å². The van der Waals surface area contributed by atoms with Crippen molar-refractivity contribution in [3.63, 3.8) is 0 Å². The van der Waals surface area contributed by atoms with Crippen molar-refractivity contribution in [3.8, 4) is 68.8 Å². The minimum absolute atomic E-state index is 0.106. The van der Waals surface area contributed by atoms with Gasteiger partial charge in [0, 0.05) is 36.4 Å². The summed E-state index contributed by atoms with van der Waals surface area (Å²) in [5, 5.41) is 216. The molecule has 4 saturated heterocycles. The summed E-state index contributed by atoms with van der Waals surface area (Å²) in [6.07, 6.45) is -31.1. The first kappa shape index (κ1) is 76.8. The van der Waals surface area contributed by atoms with Crippen LogP contribution >= 0.6 is 0 Å². The molecule has 0 bridgehead atoms. The highest BCUT2D eigenvalue weighted by Gasteiger charge is 2.80. The molecule has 4 aliphatic rings. The summed E-state index contributed by atoms with van der Waals surface area (Å²) in [7, 11) is 0. The summed E-state index contributed by atoms with van der Waals surface area (Å²) in [6, 6.07) is 11.4. The minimum Gasteiger partial charge on any atom is -0.507 e. The van der Waals surface area contributed by atoms with E-state index in [0.29, 0.717) is 20.8 Å². The van der Waals surface area contributed by atoms with Gasteiger partial charge in [-0.05, 0) is 75.2 Å². The van der Waals surface area contributed by atoms with Gasteiger partial charge in [0.2, 0.25) is 42.1 Å². The molecule has 20 N–H and O–H groups in total. The molecule has 102 heavy (non-hydrogen) atoms. The van der Waals surface area contributed by atoms with Gasteiger partial charge in [-0.3, -0.25) is 19.2 Å². The van der Waals surface area contributed by atoms with E-state index in [2.05, 4.69) is 0 Å². The van der Waals surface area contributed by atoms with Gasteiger partial charge in [0.15, 0.2) is 69.0 Å². The van der Waals surface area contributed by atoms with Crippen LogP contribution in [0, 0.1) is 0 Å². The highest BCUT2D eigenvalue weighted by atomic mass is 16.7. The van der Waals surface area contributed by atoms with E-state index in [-0.39, 0.29) is 22.6 Å². The van der Waals surface area contributed by atoms with Crippen molar-refractivity contribution < 1.29 is 183 Å². The molecule has 4 aromatic carbocycles. The molecule has 37 nitrogen and oxygen atoms in total. The molecule has 4 fully saturated rings. The Morgan fingerprint density at radius 3 is 1.38 bits per heavy atom. The Hall–Kier alpha value is -9.33. The number of ketones is 4. The van der Waals surface area contributed by atoms with E-state index in [4.69, 9.17) is 51.8 Å². The number of esters is 2. The number of phenols is 6. The number of carbonyl (C=O) groups excluding carboxylic acids is 6. The third-order valence-corrected chi connectivity index (χ3v) is 17.3. The molecule has 2 unspecified atom stereocenters. The average Bonchev–Trinajstić information content (AvgIpc) is 0.683. The number of aliphatic hydroxyl groups is 14. The quantitative estimate of drug-likeness (QED) is 0.0127. The van der Waals surface area contributed by atoms with Crippen LogP contribution in [0.25, 0.3) is 34.4 Å². The van der Waals surface area contributed by atoms with Gasteiger partial charge in [0.25, 0.3) is 0 Å². The zero-order valence-electron chi connectivity index (χ0n) is 53.6. The predicted molar refractivity (Wildman–Crippen MR) is 331 cm³/mol. The van der Waals surface area contributed by atoms with Gasteiger partial charge in [-0.15, -0.1) is 0 Å². The lowest BCUT2D eigenvalue weighted by Gasteiger charge is -2.57. The van der Waals surface area contributed by atoms with E-state index in [0.717, 1.165) is 73.7 Å². The van der Waals surface area contributed by atoms with Crippen molar-refractivity contribution >= 4 is 58.2 Å². The monoisotopic (exact) mass is 1440 g/mol. The predicted octanol–water partition coefficient (Wildman–Crippen LogP) is -4.31. The van der Waals surface area contributed by atoms with Crippen LogP contribution in [0.1, 0.15) is 38.8 Å². The van der Waals surface area contributed by atoms with Gasteiger partial charge in [-0.1, -0.05) is 12.1 Å². The lowest BCUT2D eigenvalue weighted by atomic mass is 9.60. The van der Waals surface area contributed by atoms with E-state index in [1.54, 1.807) is 0 Å². The van der Waals surface area contributed by atoms with Gasteiger partial charge in [0.1, 0.15) is 116 Å². The molecule has 37 heteroatoms. The Bertz CT molecular complexity index is 4040. The van der Waals surface area contributed by atoms with Crippen LogP contribution in [0.2, 0.25) is 0 Å². The van der Waals surface area contributed by atoms with Crippen LogP contribution in [-0.2, 0) is 57.2 Å². The van der Waals surface area contributed by atoms with E-state index in [1.807, 2.05) is 0 Å². The molecule has 1 aromatic heterocycles. The summed E-state index contributed by atoms with van der Waals surface area (Å²) >= 11 is 0. The Morgan fingerprint density at radius 1 is 0.500 bits per heavy atom. The summed E-state index contributed by atoms with van der Waals surface area (Å²) < 4.78 is 61.3. The van der Waals surface area contributed by atoms with Crippen LogP contribution in [0.3, 0.4) is 0 Å². The number of fused-ring (bicyclic) bond motifs is 1. The number of hydrogen-bond acceptors (Lipinski definition) is 36. The summed E-state index contributed by atoms with van der Waals surface area (Å²) in [4.78, 5) is 78.5. The maximum absolute atomic E-state index is 13.5. The molecule has 0 saturated carbocycles. The number of hydrogen-bond donors (Lipinski definition) is 20. The van der Waals surface area contributed by atoms with E-state index in [1.165, 1.54) is 24.3 Å². The Kier molecular flexibility index (Phi) is 22.8. The molecule has 21 atom stereocenters. The Labute approximate surface area is 573 Å². The fourth-order valence-corrected chi connectivity index (χ4v) is 11.5. The Balaban J connectivity index is 0.842. The topological polar surface area (TPSA) is 611 Å². The molecule has 0 spiro atoms. The molecule has 9 rings (SSSR count). The zero-order chi connectivity index (χ0) is 75.1. The van der Waals surface area contributed by atoms with Crippen molar-refractivity contribution in [2.24, 2.45) is 0 Å². The molecule has 5 heterocycles. The molecule has 0 amide bonds. The van der Waals surface area contributed by atoms with Crippen molar-refractivity contribution in [3.05, 3.63) is 90.0 Å². The van der Waals surface area contributed by atoms with Crippen molar-refractivity contribution in [1.82, 2.24) is 0 Å². The lowest BCUT2D eigenvalue weighted by molar-refractivity contribution is -0.358. The van der Waals surface area contributed by atoms with Crippen LogP contribution < -0.4 is 18.9 Å². The standard InChI is InChI=1S/C65H70O37/c1-23(67)46(78)58-63(89,24(2)68)65(91,26(4)70)64(90,25(3)69)62(102-58)101-40-19-31-32(71)17-30(18-39(31)95-57(40)29-15-35(74)47(79)36(75)16-29)94-59-54(86)52(84)49(81)42(99-59)21-92-44(76)11-7-28-6-10-38(34(73)14-28)97-61-56(88)53(85)50(82)43(100-61)22-93-45(77)12-8-27-5-9-37(33(72)13-27)96-60-55(87)51(83)48(80)41(20-66)98-60/h5-19,41-43,46,48-56,58-62,66,78,80-91H,20-22H2,1-4H3,(H5-,71,72,73,74,75,79)/p+1/b11-7+,12-8+/t41-,42-,43-,46?,48-,49-,50-,51+,52+,53+,54-,55-,56-,58-,59-,60-,61-,62?,63-,64+,65+/m1/s1. The fourth-order valence-electron chi connectivity index (χ4n) is 11.5. The molecular formula is C65H71O37+. The van der Waals surface area contributed by atoms with Gasteiger partial charge >= 0.3 is 23.3 Å². The molecule has 0 aliphatic carbocycles. The highest BCUT2D eigenvalue weighted by molar-refractivity contribution is 6.06. The average molecular weight is 1440 g/mol. The largest absolute Gasteiger partial charge is 0.507 e. The third-order valence-electron chi connectivity index (χ3n) is 17.3. The zero-order valence-corrected chi connectivity index (χ0v) is 53.6. The second-order valence-electron chi connectivity index (χ2n) is 24.1. The number of benzene rings is 4. The number of aliphatic hydroxyl groups excluding tert-OH is 11. The molecular weight excluding hydrogens is 1370 g/mol. The molecule has 5 aromatic rings. The van der Waals surface area contributed by atoms with Crippen LogP contribution in [0.5, 0.6) is 57.5 Å². The van der Waals surface area contributed by atoms with E-state index < -0.39 is 251 Å². The smallest absolute Gasteiger partial charge is 0.402 e. The van der Waals surface area contributed by atoms with Crippen molar-refractivity contribution in [2.45, 2.75) is 155 Å². The van der Waals surface area contributed by atoms with E-state index in [9.17, 15) is 131 Å². The first-order chi connectivity index (χ1) is 47.9. The summed E-state index contributed by atoms with van der Waals surface area (Å²) in [5.41, 5.74) is -12.3. The number of aromatic hydroxyl groups is 6. The van der Waals surface area contributed by atoms with Gasteiger partial charge in [-0.25, -0.2) is 14.0 Å². The molecule has 0 radical (unpaired) electrons. The highest BCUT2D eigenvalue weighted by Crippen LogP contribution is 2.51. The van der Waals surface area contributed by atoms with Crippen LogP contribution in [0.4, 0.5) is 0 Å². The second kappa shape index (κ2) is 30.3. The summed E-state index contributed by atoms with van der Waals surface area (Å²) in [6.45, 7) is 0.122. The van der Waals surface area contributed by atoms with Crippen LogP contribution in [-0.4, -0.2) is 284 Å². The number of phenolic OH excluding ortho intramolecular Hbond substituents is 6. The number of Topliss-reactive ketones (excluding diaryl/α,β-unsaturated/α-hetero) is 4. The fraction of sp³-hybridized carbons (Fsp3) is 0.431. The molecule has 552 valence electrons. The first-order valence-electron chi connectivity index (χ1n) is 30.5. The van der Waals surface area contributed by atoms with Gasteiger partial charge < -0.3 is 149 Å². The van der Waals surface area contributed by atoms with Gasteiger partial charge in [0.05, 0.1) is 18.2 Å². The number of ether oxygens (including phenoxy) is 10. The lowest BCUT2D eigenvalue weighted by Crippen LogP contribution is -2.87. The normalized spacial score (nSPS) is 32.2. The van der Waals surface area contributed by atoms with Crippen molar-refractivity contribution in [1.29, 1.82) is 0 Å². The molecule has 4 aliphatic heterocycles. The van der Waals surface area contributed by atoms with E-state index >= 15 is 0 Å². The second-order valence-corrected chi connectivity index (χ2v) is 24.1. The number of rotatable bonds is 23. The maximum atomic E-state index is 13.5. The SMILES string of the molecule is CC(=O)C(O)[C@H]1OC(Oc2cc3c(O)cc(O[C@@H]4O[C@H](COC(=O)/C=C/c5ccc(O[C@@H]6O[C@H](COC(=O)/C=C/c7ccc(O[C@@H]8O[C@H](CO)[C@@H](O)[C@H](O)[C@H]8O)c(O)c7)[C@@H](O)[C@H](O)[C@H]6O)c(O)c5)[C@@H](O)[C@H](O)[C@H]4O)cc3[o+]c2-c2cc(O)c(O)c(O)c2)[C@@](O)(C(C)=O)[C@](O)(C(C)=O)[C@@]1(O)C(C)=O. The summed E-state index contributed by atoms with van der Waals surface area (Å²) in [5.74, 6) is -16.0.